The molecule has 5 heteroatoms. The number of fused-ring (bicyclic) bond motifs is 1. The Morgan fingerprint density at radius 3 is 2.67 bits per heavy atom. The van der Waals surface area contributed by atoms with Gasteiger partial charge in [-0.05, 0) is 54.3 Å². The van der Waals surface area contributed by atoms with Crippen molar-refractivity contribution in [2.24, 2.45) is 0 Å². The van der Waals surface area contributed by atoms with Gasteiger partial charge in [0.25, 0.3) is 5.91 Å². The number of Topliss-reactive ketones (excluding diaryl/α,β-unsaturated/α-hetero) is 1. The van der Waals surface area contributed by atoms with Crippen LogP contribution in [-0.4, -0.2) is 18.3 Å². The van der Waals surface area contributed by atoms with E-state index in [1.807, 2.05) is 32.0 Å². The molecule has 24 heavy (non-hydrogen) atoms. The van der Waals surface area contributed by atoms with Crippen LogP contribution < -0.4 is 10.1 Å². The molecule has 0 saturated heterocycles. The summed E-state index contributed by atoms with van der Waals surface area (Å²) < 4.78 is 6.58. The summed E-state index contributed by atoms with van der Waals surface area (Å²) in [5, 5.41) is 2.77. The minimum absolute atomic E-state index is 0.0875. The number of benzene rings is 2. The standard InChI is InChI=1S/C19H18BrNO3/c1-11-3-8-16(19-15(22)9-12(2)18(11)19)24-10-17(23)21-14-6-4-13(20)5-7-14/h3-8,12H,9-10H2,1-2H3,(H,21,23)/t12-/m0/s1. The summed E-state index contributed by atoms with van der Waals surface area (Å²) in [6.07, 6.45) is 0.502. The minimum atomic E-state index is -0.259. The van der Waals surface area contributed by atoms with Crippen molar-refractivity contribution >= 4 is 33.3 Å². The summed E-state index contributed by atoms with van der Waals surface area (Å²) in [6, 6.07) is 11.0. The van der Waals surface area contributed by atoms with Gasteiger partial charge < -0.3 is 10.1 Å². The number of hydrogen-bond acceptors (Lipinski definition) is 3. The second-order valence-electron chi connectivity index (χ2n) is 6.04. The van der Waals surface area contributed by atoms with Crippen molar-refractivity contribution in [1.29, 1.82) is 0 Å². The Morgan fingerprint density at radius 1 is 1.25 bits per heavy atom. The first-order valence-electron chi connectivity index (χ1n) is 7.80. The number of hydrogen-bond donors (Lipinski definition) is 1. The van der Waals surface area contributed by atoms with Crippen LogP contribution in [0.15, 0.2) is 40.9 Å². The van der Waals surface area contributed by atoms with Crippen LogP contribution in [0.1, 0.15) is 40.7 Å². The predicted octanol–water partition coefficient (Wildman–Crippen LogP) is 4.46. The van der Waals surface area contributed by atoms with E-state index in [0.717, 1.165) is 15.6 Å². The summed E-state index contributed by atoms with van der Waals surface area (Å²) >= 11 is 3.35. The molecule has 3 rings (SSSR count). The average Bonchev–Trinajstić information content (AvgIpc) is 2.85. The quantitative estimate of drug-likeness (QED) is 0.841. The molecule has 0 radical (unpaired) electrons. The van der Waals surface area contributed by atoms with Crippen LogP contribution in [0.2, 0.25) is 0 Å². The number of nitrogens with one attached hydrogen (secondary N) is 1. The van der Waals surface area contributed by atoms with Crippen LogP contribution >= 0.6 is 15.9 Å². The molecular weight excluding hydrogens is 370 g/mol. The largest absolute Gasteiger partial charge is 0.483 e. The lowest BCUT2D eigenvalue weighted by atomic mass is 9.97. The van der Waals surface area contributed by atoms with Gasteiger partial charge in [-0.3, -0.25) is 9.59 Å². The van der Waals surface area contributed by atoms with E-state index in [1.54, 1.807) is 18.2 Å². The van der Waals surface area contributed by atoms with Crippen LogP contribution in [0.3, 0.4) is 0 Å². The molecule has 0 spiro atoms. The molecule has 0 bridgehead atoms. The number of halogens is 1. The molecular formula is C19H18BrNO3. The number of aryl methyl sites for hydroxylation is 1. The number of ether oxygens (including phenoxy) is 1. The normalized spacial score (nSPS) is 16.0. The van der Waals surface area contributed by atoms with Gasteiger partial charge in [0.05, 0.1) is 5.56 Å². The van der Waals surface area contributed by atoms with Crippen molar-refractivity contribution < 1.29 is 14.3 Å². The number of rotatable bonds is 4. The molecule has 1 atom stereocenters. The maximum Gasteiger partial charge on any atom is 0.262 e. The van der Waals surface area contributed by atoms with Crippen LogP contribution in [0.5, 0.6) is 5.75 Å². The first-order chi connectivity index (χ1) is 11.5. The smallest absolute Gasteiger partial charge is 0.262 e. The highest BCUT2D eigenvalue weighted by Gasteiger charge is 2.31. The van der Waals surface area contributed by atoms with Crippen LogP contribution in [-0.2, 0) is 4.79 Å². The number of ketones is 1. The third-order valence-electron chi connectivity index (χ3n) is 4.18. The van der Waals surface area contributed by atoms with Gasteiger partial charge >= 0.3 is 0 Å². The van der Waals surface area contributed by atoms with Crippen LogP contribution in [0.4, 0.5) is 5.69 Å². The first kappa shape index (κ1) is 16.7. The third-order valence-corrected chi connectivity index (χ3v) is 4.70. The first-order valence-corrected chi connectivity index (χ1v) is 8.60. The number of amides is 1. The van der Waals surface area contributed by atoms with E-state index < -0.39 is 0 Å². The molecule has 0 unspecified atom stereocenters. The Morgan fingerprint density at radius 2 is 1.96 bits per heavy atom. The lowest BCUT2D eigenvalue weighted by molar-refractivity contribution is -0.118. The molecule has 1 amide bonds. The minimum Gasteiger partial charge on any atom is -0.483 e. The SMILES string of the molecule is Cc1ccc(OCC(=O)Nc2ccc(Br)cc2)c2c1[C@@H](C)CC2=O. The van der Waals surface area contributed by atoms with E-state index in [0.29, 0.717) is 23.4 Å². The Labute approximate surface area is 149 Å². The highest BCUT2D eigenvalue weighted by atomic mass is 79.9. The molecule has 1 aliphatic rings. The Bertz CT molecular complexity index is 799. The molecule has 0 aromatic heterocycles. The van der Waals surface area contributed by atoms with Crippen molar-refractivity contribution in [3.63, 3.8) is 0 Å². The van der Waals surface area contributed by atoms with E-state index in [9.17, 15) is 9.59 Å². The summed E-state index contributed by atoms with van der Waals surface area (Å²) in [5.74, 6) is 0.526. The number of carbonyl (C=O) groups excluding carboxylic acids is 2. The van der Waals surface area contributed by atoms with E-state index in [4.69, 9.17) is 4.74 Å². The zero-order valence-electron chi connectivity index (χ0n) is 13.6. The summed E-state index contributed by atoms with van der Waals surface area (Å²) in [5.41, 5.74) is 3.48. The molecule has 0 aliphatic heterocycles. The molecule has 4 nitrogen and oxygen atoms in total. The average molecular weight is 388 g/mol. The van der Waals surface area contributed by atoms with Gasteiger partial charge in [-0.1, -0.05) is 28.9 Å². The van der Waals surface area contributed by atoms with Crippen molar-refractivity contribution in [1.82, 2.24) is 0 Å². The van der Waals surface area contributed by atoms with Gasteiger partial charge in [0, 0.05) is 16.6 Å². The fourth-order valence-corrected chi connectivity index (χ4v) is 3.37. The van der Waals surface area contributed by atoms with E-state index in [-0.39, 0.29) is 24.2 Å². The highest BCUT2D eigenvalue weighted by molar-refractivity contribution is 9.10. The van der Waals surface area contributed by atoms with E-state index in [2.05, 4.69) is 21.2 Å². The van der Waals surface area contributed by atoms with Gasteiger partial charge in [0.1, 0.15) is 5.75 Å². The zero-order chi connectivity index (χ0) is 17.3. The van der Waals surface area contributed by atoms with Gasteiger partial charge in [-0.15, -0.1) is 0 Å². The topological polar surface area (TPSA) is 55.4 Å². The zero-order valence-corrected chi connectivity index (χ0v) is 15.1. The summed E-state index contributed by atoms with van der Waals surface area (Å²) in [6.45, 7) is 3.91. The molecule has 2 aromatic rings. The third kappa shape index (κ3) is 3.36. The number of anilines is 1. The van der Waals surface area contributed by atoms with Crippen LogP contribution in [0.25, 0.3) is 0 Å². The number of carbonyl (C=O) groups is 2. The van der Waals surface area contributed by atoms with E-state index in [1.165, 1.54) is 0 Å². The molecule has 1 N–H and O–H groups in total. The Balaban J connectivity index is 1.70. The maximum absolute atomic E-state index is 12.2. The van der Waals surface area contributed by atoms with Crippen molar-refractivity contribution in [2.75, 3.05) is 11.9 Å². The van der Waals surface area contributed by atoms with Gasteiger partial charge in [0.15, 0.2) is 12.4 Å². The Kier molecular flexibility index (Phi) is 4.71. The van der Waals surface area contributed by atoms with Gasteiger partial charge in [-0.2, -0.15) is 0 Å². The molecule has 1 aliphatic carbocycles. The molecule has 0 fully saturated rings. The summed E-state index contributed by atoms with van der Waals surface area (Å²) in [7, 11) is 0. The fourth-order valence-electron chi connectivity index (χ4n) is 3.10. The van der Waals surface area contributed by atoms with Crippen molar-refractivity contribution in [2.45, 2.75) is 26.2 Å². The fraction of sp³-hybridized carbons (Fsp3) is 0.263. The lowest BCUT2D eigenvalue weighted by Gasteiger charge is -2.13. The van der Waals surface area contributed by atoms with Gasteiger partial charge in [0.2, 0.25) is 0 Å². The molecule has 2 aromatic carbocycles. The molecule has 0 saturated carbocycles. The second kappa shape index (κ2) is 6.77. The van der Waals surface area contributed by atoms with E-state index >= 15 is 0 Å². The summed E-state index contributed by atoms with van der Waals surface area (Å²) in [4.78, 5) is 24.3. The monoisotopic (exact) mass is 387 g/mol. The Hall–Kier alpha value is -2.14. The van der Waals surface area contributed by atoms with Gasteiger partial charge in [-0.25, -0.2) is 0 Å². The highest BCUT2D eigenvalue weighted by Crippen LogP contribution is 2.40. The molecule has 124 valence electrons. The second-order valence-corrected chi connectivity index (χ2v) is 6.96. The lowest BCUT2D eigenvalue weighted by Crippen LogP contribution is -2.20. The predicted molar refractivity (Wildman–Crippen MR) is 96.8 cm³/mol. The molecule has 0 heterocycles. The van der Waals surface area contributed by atoms with Crippen molar-refractivity contribution in [3.05, 3.63) is 57.6 Å². The maximum atomic E-state index is 12.2. The van der Waals surface area contributed by atoms with Crippen molar-refractivity contribution in [3.8, 4) is 5.75 Å². The van der Waals surface area contributed by atoms with Crippen LogP contribution in [0, 0.1) is 6.92 Å².